The monoisotopic (exact) mass is 392 g/mol. The standard InChI is InChI=1S/C21H32N2O3S/c1-16-12-17(2)15-23(14-16)21(24)19-10-8-18(9-11-19)13-22-27(25,26)20-6-4-3-5-7-20/h3-7,16-19,22H,8-15H2,1-2H3/t16-,17-,18?,19?/m0/s1. The van der Waals surface area contributed by atoms with Crippen molar-refractivity contribution in [1.29, 1.82) is 0 Å². The highest BCUT2D eigenvalue weighted by Crippen LogP contribution is 2.32. The van der Waals surface area contributed by atoms with E-state index in [-0.39, 0.29) is 5.92 Å². The first-order valence-electron chi connectivity index (χ1n) is 10.2. The van der Waals surface area contributed by atoms with Gasteiger partial charge < -0.3 is 4.90 Å². The average molecular weight is 393 g/mol. The maximum atomic E-state index is 12.9. The fourth-order valence-corrected chi connectivity index (χ4v) is 5.76. The van der Waals surface area contributed by atoms with E-state index in [0.717, 1.165) is 38.8 Å². The van der Waals surface area contributed by atoms with Crippen LogP contribution < -0.4 is 4.72 Å². The summed E-state index contributed by atoms with van der Waals surface area (Å²) < 4.78 is 27.4. The van der Waals surface area contributed by atoms with Crippen LogP contribution >= 0.6 is 0 Å². The van der Waals surface area contributed by atoms with Gasteiger partial charge in [-0.05, 0) is 62.0 Å². The second kappa shape index (κ2) is 8.74. The summed E-state index contributed by atoms with van der Waals surface area (Å²) in [6.45, 7) is 6.69. The van der Waals surface area contributed by atoms with Gasteiger partial charge >= 0.3 is 0 Å². The van der Waals surface area contributed by atoms with Crippen LogP contribution in [-0.4, -0.2) is 38.9 Å². The van der Waals surface area contributed by atoms with Gasteiger partial charge in [0.2, 0.25) is 15.9 Å². The lowest BCUT2D eigenvalue weighted by Gasteiger charge is -2.38. The molecule has 1 N–H and O–H groups in total. The number of likely N-dealkylation sites (tertiary alicyclic amines) is 1. The highest BCUT2D eigenvalue weighted by Gasteiger charge is 2.33. The number of carbonyl (C=O) groups excluding carboxylic acids is 1. The zero-order valence-electron chi connectivity index (χ0n) is 16.4. The van der Waals surface area contributed by atoms with E-state index in [2.05, 4.69) is 23.5 Å². The molecule has 1 heterocycles. The van der Waals surface area contributed by atoms with Crippen molar-refractivity contribution >= 4 is 15.9 Å². The molecular formula is C21H32N2O3S. The molecule has 0 unspecified atom stereocenters. The maximum Gasteiger partial charge on any atom is 0.240 e. The van der Waals surface area contributed by atoms with Gasteiger partial charge in [0.1, 0.15) is 0 Å². The van der Waals surface area contributed by atoms with E-state index in [1.807, 2.05) is 0 Å². The summed E-state index contributed by atoms with van der Waals surface area (Å²) in [5, 5.41) is 0. The third kappa shape index (κ3) is 5.32. The number of hydrogen-bond acceptors (Lipinski definition) is 3. The second-order valence-corrected chi connectivity index (χ2v) is 10.3. The van der Waals surface area contributed by atoms with Gasteiger partial charge in [-0.15, -0.1) is 0 Å². The van der Waals surface area contributed by atoms with Crippen molar-refractivity contribution in [2.24, 2.45) is 23.7 Å². The van der Waals surface area contributed by atoms with E-state index in [4.69, 9.17) is 0 Å². The molecule has 0 bridgehead atoms. The summed E-state index contributed by atoms with van der Waals surface area (Å²) in [6, 6.07) is 8.49. The van der Waals surface area contributed by atoms with Crippen molar-refractivity contribution in [3.63, 3.8) is 0 Å². The smallest absolute Gasteiger partial charge is 0.240 e. The zero-order chi connectivity index (χ0) is 19.4. The number of piperidine rings is 1. The van der Waals surface area contributed by atoms with Gasteiger partial charge in [0.05, 0.1) is 4.90 Å². The third-order valence-corrected chi connectivity index (χ3v) is 7.43. The number of carbonyl (C=O) groups is 1. The minimum absolute atomic E-state index is 0.115. The Morgan fingerprint density at radius 3 is 2.22 bits per heavy atom. The molecule has 6 heteroatoms. The summed E-state index contributed by atoms with van der Waals surface area (Å²) in [4.78, 5) is 15.2. The van der Waals surface area contributed by atoms with E-state index in [9.17, 15) is 13.2 Å². The molecule has 150 valence electrons. The Bertz CT molecular complexity index is 717. The maximum absolute atomic E-state index is 12.9. The van der Waals surface area contributed by atoms with Crippen molar-refractivity contribution in [2.45, 2.75) is 50.8 Å². The molecule has 1 saturated heterocycles. The van der Waals surface area contributed by atoms with Gasteiger partial charge in [-0.1, -0.05) is 32.0 Å². The lowest BCUT2D eigenvalue weighted by Crippen LogP contribution is -2.46. The van der Waals surface area contributed by atoms with Crippen LogP contribution in [0.2, 0.25) is 0 Å². The molecule has 2 atom stereocenters. The van der Waals surface area contributed by atoms with Crippen LogP contribution in [0.15, 0.2) is 35.2 Å². The van der Waals surface area contributed by atoms with Crippen molar-refractivity contribution < 1.29 is 13.2 Å². The van der Waals surface area contributed by atoms with Crippen LogP contribution in [0.25, 0.3) is 0 Å². The summed E-state index contributed by atoms with van der Waals surface area (Å²) in [5.74, 6) is 1.91. The number of sulfonamides is 1. The average Bonchev–Trinajstić information content (AvgIpc) is 2.66. The lowest BCUT2D eigenvalue weighted by molar-refractivity contribution is -0.139. The zero-order valence-corrected chi connectivity index (χ0v) is 17.2. The van der Waals surface area contributed by atoms with Crippen LogP contribution in [0.3, 0.4) is 0 Å². The predicted octanol–water partition coefficient (Wildman–Crippen LogP) is 3.28. The van der Waals surface area contributed by atoms with Crippen molar-refractivity contribution in [1.82, 2.24) is 9.62 Å². The molecule has 0 radical (unpaired) electrons. The predicted molar refractivity (Wildman–Crippen MR) is 107 cm³/mol. The molecule has 2 aliphatic rings. The molecule has 27 heavy (non-hydrogen) atoms. The van der Waals surface area contributed by atoms with Gasteiger partial charge in [0, 0.05) is 25.6 Å². The fourth-order valence-electron chi connectivity index (χ4n) is 4.63. The van der Waals surface area contributed by atoms with Crippen molar-refractivity contribution in [3.8, 4) is 0 Å². The SMILES string of the molecule is C[C@H]1C[C@H](C)CN(C(=O)C2CCC(CNS(=O)(=O)c3ccccc3)CC2)C1. The van der Waals surface area contributed by atoms with Crippen LogP contribution in [0, 0.1) is 23.7 Å². The van der Waals surface area contributed by atoms with E-state index >= 15 is 0 Å². The van der Waals surface area contributed by atoms with Crippen LogP contribution in [0.1, 0.15) is 46.0 Å². The minimum Gasteiger partial charge on any atom is -0.342 e. The van der Waals surface area contributed by atoms with E-state index in [1.165, 1.54) is 6.42 Å². The van der Waals surface area contributed by atoms with Crippen molar-refractivity contribution in [2.75, 3.05) is 19.6 Å². The second-order valence-electron chi connectivity index (χ2n) is 8.57. The molecule has 2 fully saturated rings. The molecule has 3 rings (SSSR count). The Balaban J connectivity index is 1.47. The Morgan fingerprint density at radius 2 is 1.63 bits per heavy atom. The normalized spacial score (nSPS) is 29.5. The Labute approximate surface area is 163 Å². The van der Waals surface area contributed by atoms with Crippen LogP contribution in [0.5, 0.6) is 0 Å². The first-order valence-corrected chi connectivity index (χ1v) is 11.7. The third-order valence-electron chi connectivity index (χ3n) is 5.99. The molecular weight excluding hydrogens is 360 g/mol. The van der Waals surface area contributed by atoms with E-state index in [0.29, 0.717) is 35.1 Å². The quantitative estimate of drug-likeness (QED) is 0.836. The lowest BCUT2D eigenvalue weighted by atomic mass is 9.80. The van der Waals surface area contributed by atoms with Crippen molar-refractivity contribution in [3.05, 3.63) is 30.3 Å². The highest BCUT2D eigenvalue weighted by molar-refractivity contribution is 7.89. The molecule has 5 nitrogen and oxygen atoms in total. The highest BCUT2D eigenvalue weighted by atomic mass is 32.2. The number of benzene rings is 1. The molecule has 1 amide bonds. The molecule has 1 aliphatic carbocycles. The van der Waals surface area contributed by atoms with Gasteiger partial charge in [0.15, 0.2) is 0 Å². The van der Waals surface area contributed by atoms with E-state index in [1.54, 1.807) is 30.3 Å². The summed E-state index contributed by atoms with van der Waals surface area (Å²) >= 11 is 0. The minimum atomic E-state index is -3.44. The molecule has 1 aromatic rings. The first-order chi connectivity index (χ1) is 12.8. The number of nitrogens with one attached hydrogen (secondary N) is 1. The molecule has 0 spiro atoms. The molecule has 1 aliphatic heterocycles. The number of rotatable bonds is 5. The van der Waals surface area contributed by atoms with Crippen LogP contribution in [-0.2, 0) is 14.8 Å². The molecule has 1 saturated carbocycles. The summed E-state index contributed by atoms with van der Waals surface area (Å²) in [5.41, 5.74) is 0. The number of hydrogen-bond donors (Lipinski definition) is 1. The number of nitrogens with zero attached hydrogens (tertiary/aromatic N) is 1. The Hall–Kier alpha value is -1.40. The summed E-state index contributed by atoms with van der Waals surface area (Å²) in [6.07, 6.45) is 4.77. The first kappa shape index (κ1) is 20.3. The van der Waals surface area contributed by atoms with Gasteiger partial charge in [-0.3, -0.25) is 4.79 Å². The van der Waals surface area contributed by atoms with Gasteiger partial charge in [0.25, 0.3) is 0 Å². The molecule has 1 aromatic carbocycles. The van der Waals surface area contributed by atoms with Gasteiger partial charge in [-0.25, -0.2) is 13.1 Å². The Kier molecular flexibility index (Phi) is 6.58. The fraction of sp³-hybridized carbons (Fsp3) is 0.667. The topological polar surface area (TPSA) is 66.5 Å². The largest absolute Gasteiger partial charge is 0.342 e. The molecule has 0 aromatic heterocycles. The van der Waals surface area contributed by atoms with Gasteiger partial charge in [-0.2, -0.15) is 0 Å². The summed E-state index contributed by atoms with van der Waals surface area (Å²) in [7, 11) is -3.44. The Morgan fingerprint density at radius 1 is 1.04 bits per heavy atom. The number of amides is 1. The van der Waals surface area contributed by atoms with E-state index < -0.39 is 10.0 Å². The van der Waals surface area contributed by atoms with Crippen LogP contribution in [0.4, 0.5) is 0 Å².